The fourth-order valence-corrected chi connectivity index (χ4v) is 4.52. The number of benzene rings is 1. The van der Waals surface area contributed by atoms with Gasteiger partial charge < -0.3 is 5.32 Å². The van der Waals surface area contributed by atoms with Crippen LogP contribution in [0.15, 0.2) is 40.6 Å². The number of nitrogens with one attached hydrogen (secondary N) is 1. The first-order valence-corrected chi connectivity index (χ1v) is 10.9. The molecule has 1 aromatic heterocycles. The molecular weight excluding hydrogens is 348 g/mol. The molecule has 2 aromatic rings. The first-order chi connectivity index (χ1) is 12.1. The van der Waals surface area contributed by atoms with Crippen molar-refractivity contribution in [2.24, 2.45) is 5.92 Å². The highest BCUT2D eigenvalue weighted by atomic mass is 32.2. The lowest BCUT2D eigenvalue weighted by molar-refractivity contribution is -0.124. The molecule has 3 nitrogen and oxygen atoms in total. The van der Waals surface area contributed by atoms with Crippen molar-refractivity contribution >= 4 is 29.0 Å². The van der Waals surface area contributed by atoms with Crippen LogP contribution in [-0.4, -0.2) is 30.2 Å². The molecule has 134 valence electrons. The quantitative estimate of drug-likeness (QED) is 0.763. The maximum atomic E-state index is 12.1. The molecule has 1 atom stereocenters. The van der Waals surface area contributed by atoms with Crippen molar-refractivity contribution in [2.75, 3.05) is 19.3 Å². The molecule has 0 radical (unpaired) electrons. The number of fused-ring (bicyclic) bond motifs is 1. The number of rotatable bonds is 6. The number of hydrogen-bond acceptors (Lipinski definition) is 4. The Morgan fingerprint density at radius 3 is 2.72 bits per heavy atom. The van der Waals surface area contributed by atoms with Crippen molar-refractivity contribution in [1.29, 1.82) is 0 Å². The maximum Gasteiger partial charge on any atom is 0.222 e. The fourth-order valence-electron chi connectivity index (χ4n) is 3.22. The van der Waals surface area contributed by atoms with Gasteiger partial charge in [0.25, 0.3) is 0 Å². The van der Waals surface area contributed by atoms with E-state index in [2.05, 4.69) is 52.2 Å². The second-order valence-electron chi connectivity index (χ2n) is 6.78. The molecular formula is C20H26N2OS2. The maximum absolute atomic E-state index is 12.1. The van der Waals surface area contributed by atoms with Gasteiger partial charge >= 0.3 is 0 Å². The zero-order valence-electron chi connectivity index (χ0n) is 15.1. The molecule has 0 saturated heterocycles. The van der Waals surface area contributed by atoms with E-state index in [-0.39, 0.29) is 17.9 Å². The van der Waals surface area contributed by atoms with E-state index in [4.69, 9.17) is 0 Å². The Morgan fingerprint density at radius 1 is 1.28 bits per heavy atom. The average molecular weight is 375 g/mol. The van der Waals surface area contributed by atoms with Crippen LogP contribution in [0, 0.1) is 5.92 Å². The summed E-state index contributed by atoms with van der Waals surface area (Å²) in [6, 6.07) is 11.2. The summed E-state index contributed by atoms with van der Waals surface area (Å²) in [7, 11) is 0. The standard InChI is InChI=1S/C20H26N2OS2/c1-14(2)20(23)21-12-18(15-4-6-17(24-3)7-5-15)22-10-8-19-16(13-22)9-11-25-19/h4-7,9,11,14,18H,8,10,12-13H2,1-3H3,(H,21,23)/t18-/m1/s1. The Labute approximate surface area is 158 Å². The van der Waals surface area contributed by atoms with E-state index < -0.39 is 0 Å². The zero-order chi connectivity index (χ0) is 17.8. The molecule has 0 bridgehead atoms. The number of thioether (sulfide) groups is 1. The molecule has 0 unspecified atom stereocenters. The summed E-state index contributed by atoms with van der Waals surface area (Å²) >= 11 is 3.62. The molecule has 3 rings (SSSR count). The molecule has 1 aliphatic heterocycles. The van der Waals surface area contributed by atoms with Crippen molar-refractivity contribution in [2.45, 2.75) is 37.8 Å². The van der Waals surface area contributed by atoms with E-state index in [0.29, 0.717) is 6.54 Å². The number of hydrogen-bond donors (Lipinski definition) is 1. The predicted molar refractivity (Wildman–Crippen MR) is 107 cm³/mol. The molecule has 1 aromatic carbocycles. The number of carbonyl (C=O) groups excluding carboxylic acids is 1. The minimum atomic E-state index is 0.0179. The van der Waals surface area contributed by atoms with Crippen molar-refractivity contribution in [1.82, 2.24) is 10.2 Å². The highest BCUT2D eigenvalue weighted by Crippen LogP contribution is 2.31. The van der Waals surface area contributed by atoms with E-state index in [1.165, 1.54) is 20.9 Å². The van der Waals surface area contributed by atoms with Crippen LogP contribution in [-0.2, 0) is 17.8 Å². The van der Waals surface area contributed by atoms with Gasteiger partial charge in [-0.1, -0.05) is 26.0 Å². The summed E-state index contributed by atoms with van der Waals surface area (Å²) in [5.41, 5.74) is 2.72. The van der Waals surface area contributed by atoms with Crippen molar-refractivity contribution < 1.29 is 4.79 Å². The summed E-state index contributed by atoms with van der Waals surface area (Å²) in [6.07, 6.45) is 3.20. The second-order valence-corrected chi connectivity index (χ2v) is 8.66. The number of carbonyl (C=O) groups is 1. The highest BCUT2D eigenvalue weighted by Gasteiger charge is 2.26. The fraction of sp³-hybridized carbons (Fsp3) is 0.450. The van der Waals surface area contributed by atoms with Gasteiger partial charge in [0.05, 0.1) is 6.04 Å². The molecule has 0 fully saturated rings. The normalized spacial score (nSPS) is 15.8. The van der Waals surface area contributed by atoms with E-state index in [0.717, 1.165) is 19.5 Å². The summed E-state index contributed by atoms with van der Waals surface area (Å²) in [5, 5.41) is 5.33. The van der Waals surface area contributed by atoms with Gasteiger partial charge in [-0.25, -0.2) is 0 Å². The van der Waals surface area contributed by atoms with Crippen molar-refractivity contribution in [3.63, 3.8) is 0 Å². The van der Waals surface area contributed by atoms with Crippen LogP contribution in [0.25, 0.3) is 0 Å². The second kappa shape index (κ2) is 8.39. The van der Waals surface area contributed by atoms with Crippen LogP contribution in [0.4, 0.5) is 0 Å². The van der Waals surface area contributed by atoms with Crippen LogP contribution in [0.5, 0.6) is 0 Å². The first kappa shape index (κ1) is 18.5. The minimum absolute atomic E-state index is 0.0179. The summed E-state index contributed by atoms with van der Waals surface area (Å²) < 4.78 is 0. The van der Waals surface area contributed by atoms with Gasteiger partial charge in [-0.3, -0.25) is 9.69 Å². The third kappa shape index (κ3) is 4.46. The molecule has 5 heteroatoms. The number of amides is 1. The topological polar surface area (TPSA) is 32.3 Å². The van der Waals surface area contributed by atoms with Crippen LogP contribution >= 0.6 is 23.1 Å². The van der Waals surface area contributed by atoms with E-state index in [1.807, 2.05) is 25.2 Å². The van der Waals surface area contributed by atoms with E-state index in [1.54, 1.807) is 11.8 Å². The lowest BCUT2D eigenvalue weighted by Crippen LogP contribution is -2.41. The Bertz CT molecular complexity index is 709. The van der Waals surface area contributed by atoms with Gasteiger partial charge in [0.2, 0.25) is 5.91 Å². The van der Waals surface area contributed by atoms with Crippen LogP contribution in [0.3, 0.4) is 0 Å². The van der Waals surface area contributed by atoms with Gasteiger partial charge in [0.15, 0.2) is 0 Å². The van der Waals surface area contributed by atoms with E-state index >= 15 is 0 Å². The molecule has 0 saturated carbocycles. The highest BCUT2D eigenvalue weighted by molar-refractivity contribution is 7.98. The largest absolute Gasteiger partial charge is 0.354 e. The molecule has 1 amide bonds. The van der Waals surface area contributed by atoms with Gasteiger partial charge in [0, 0.05) is 35.3 Å². The smallest absolute Gasteiger partial charge is 0.222 e. The molecule has 2 heterocycles. The molecule has 1 N–H and O–H groups in total. The number of thiophene rings is 1. The average Bonchev–Trinajstić information content (AvgIpc) is 3.10. The van der Waals surface area contributed by atoms with Crippen LogP contribution < -0.4 is 5.32 Å². The van der Waals surface area contributed by atoms with Crippen LogP contribution in [0.1, 0.15) is 35.9 Å². The Morgan fingerprint density at radius 2 is 2.04 bits per heavy atom. The van der Waals surface area contributed by atoms with Gasteiger partial charge in [-0.15, -0.1) is 23.1 Å². The van der Waals surface area contributed by atoms with E-state index in [9.17, 15) is 4.79 Å². The van der Waals surface area contributed by atoms with Crippen molar-refractivity contribution in [3.05, 3.63) is 51.7 Å². The van der Waals surface area contributed by atoms with Crippen LogP contribution in [0.2, 0.25) is 0 Å². The molecule has 1 aliphatic rings. The SMILES string of the molecule is CSc1ccc([C@@H](CNC(=O)C(C)C)N2CCc3sccc3C2)cc1. The third-order valence-electron chi connectivity index (χ3n) is 4.77. The van der Waals surface area contributed by atoms with Crippen molar-refractivity contribution in [3.8, 4) is 0 Å². The molecule has 0 spiro atoms. The number of nitrogens with zero attached hydrogens (tertiary/aromatic N) is 1. The first-order valence-electron chi connectivity index (χ1n) is 8.79. The summed E-state index contributed by atoms with van der Waals surface area (Å²) in [4.78, 5) is 17.4. The molecule has 0 aliphatic carbocycles. The summed E-state index contributed by atoms with van der Waals surface area (Å²) in [6.45, 7) is 6.55. The zero-order valence-corrected chi connectivity index (χ0v) is 16.8. The molecule has 25 heavy (non-hydrogen) atoms. The Kier molecular flexibility index (Phi) is 6.20. The lowest BCUT2D eigenvalue weighted by Gasteiger charge is -2.35. The monoisotopic (exact) mass is 374 g/mol. The third-order valence-corrected chi connectivity index (χ3v) is 6.54. The van der Waals surface area contributed by atoms with Gasteiger partial charge in [-0.2, -0.15) is 0 Å². The summed E-state index contributed by atoms with van der Waals surface area (Å²) in [5.74, 6) is 0.142. The predicted octanol–water partition coefficient (Wildman–Crippen LogP) is 4.34. The Balaban J connectivity index is 1.79. The minimum Gasteiger partial charge on any atom is -0.354 e. The Hall–Kier alpha value is -1.30. The van der Waals surface area contributed by atoms with Gasteiger partial charge in [0.1, 0.15) is 0 Å². The lowest BCUT2D eigenvalue weighted by atomic mass is 10.0. The van der Waals surface area contributed by atoms with Gasteiger partial charge in [-0.05, 0) is 47.4 Å².